The fourth-order valence-corrected chi connectivity index (χ4v) is 12.2. The molecule has 8 nitrogen and oxygen atoms in total. The fraction of sp³-hybridized carbons (Fsp3) is 0.826. The number of hydrogen-bond donors (Lipinski definition) is 0. The Bertz CT molecular complexity index is 1270. The standard InChI is InChI=1S/C46H74O8/c1-31(13-17-35-33(3)15-19-37-43(35,5)25-11-27-45(37,7)41(49)51-9)23-29-53-39(47)21-22-40(48)54-30-24-32(2)14-18-36-34(4)16-20-38-44(36,6)26-12-28-46(38,8)42(50)52-10/h31-32,35-38H,3-4,11-30H2,1-2,5-10H3/t31-,32-,35+,36+,37?,38?,43-,44-,45+,46+/m1/s1. The number of rotatable bonds is 17. The topological polar surface area (TPSA) is 105 Å². The molecule has 0 bridgehead atoms. The summed E-state index contributed by atoms with van der Waals surface area (Å²) in [7, 11) is 3.02. The zero-order valence-electron chi connectivity index (χ0n) is 35.3. The molecule has 4 rings (SSSR count). The predicted molar refractivity (Wildman–Crippen MR) is 212 cm³/mol. The molecule has 0 radical (unpaired) electrons. The first-order valence-corrected chi connectivity index (χ1v) is 21.3. The van der Waals surface area contributed by atoms with E-state index in [1.165, 1.54) is 25.4 Å². The maximum atomic E-state index is 12.9. The Morgan fingerprint density at radius 3 is 1.35 bits per heavy atom. The molecule has 0 saturated heterocycles. The largest absolute Gasteiger partial charge is 0.469 e. The van der Waals surface area contributed by atoms with Gasteiger partial charge in [0.15, 0.2) is 0 Å². The van der Waals surface area contributed by atoms with Gasteiger partial charge in [0.25, 0.3) is 0 Å². The normalized spacial score (nSPS) is 34.8. The van der Waals surface area contributed by atoms with Crippen molar-refractivity contribution in [1.29, 1.82) is 0 Å². The second-order valence-corrected chi connectivity index (χ2v) is 19.0. The van der Waals surface area contributed by atoms with E-state index in [2.05, 4.69) is 54.7 Å². The minimum Gasteiger partial charge on any atom is -0.469 e. The molecule has 54 heavy (non-hydrogen) atoms. The lowest BCUT2D eigenvalue weighted by Gasteiger charge is -2.57. The van der Waals surface area contributed by atoms with Crippen molar-refractivity contribution >= 4 is 23.9 Å². The highest BCUT2D eigenvalue weighted by atomic mass is 16.5. The first-order valence-electron chi connectivity index (χ1n) is 21.3. The van der Waals surface area contributed by atoms with Crippen molar-refractivity contribution < 1.29 is 38.1 Å². The maximum absolute atomic E-state index is 12.9. The first-order chi connectivity index (χ1) is 25.5. The van der Waals surface area contributed by atoms with Crippen LogP contribution >= 0.6 is 0 Å². The van der Waals surface area contributed by atoms with E-state index in [1.54, 1.807) is 0 Å². The molecule has 4 fully saturated rings. The summed E-state index contributed by atoms with van der Waals surface area (Å²) in [5.74, 6) is 1.21. The van der Waals surface area contributed by atoms with E-state index in [0.29, 0.717) is 48.7 Å². The van der Waals surface area contributed by atoms with E-state index >= 15 is 0 Å². The molecule has 306 valence electrons. The number of allylic oxidation sites excluding steroid dienone is 2. The molecule has 10 atom stereocenters. The second-order valence-electron chi connectivity index (χ2n) is 19.0. The van der Waals surface area contributed by atoms with E-state index in [4.69, 9.17) is 18.9 Å². The Kier molecular flexibility index (Phi) is 15.1. The van der Waals surface area contributed by atoms with Crippen molar-refractivity contribution in [2.45, 2.75) is 157 Å². The van der Waals surface area contributed by atoms with Gasteiger partial charge in [-0.2, -0.15) is 0 Å². The Hall–Kier alpha value is -2.64. The number of ether oxygens (including phenoxy) is 4. The van der Waals surface area contributed by atoms with Crippen LogP contribution in [-0.4, -0.2) is 51.3 Å². The van der Waals surface area contributed by atoms with E-state index in [9.17, 15) is 19.2 Å². The van der Waals surface area contributed by atoms with Crippen molar-refractivity contribution in [2.75, 3.05) is 27.4 Å². The van der Waals surface area contributed by atoms with Gasteiger partial charge in [0.05, 0.1) is 51.1 Å². The molecule has 0 aromatic carbocycles. The summed E-state index contributed by atoms with van der Waals surface area (Å²) in [5.41, 5.74) is 1.82. The van der Waals surface area contributed by atoms with Crippen LogP contribution in [0.3, 0.4) is 0 Å². The van der Waals surface area contributed by atoms with Crippen LogP contribution in [0.1, 0.15) is 157 Å². The molecule has 4 aliphatic rings. The lowest BCUT2D eigenvalue weighted by atomic mass is 9.46. The number of fused-ring (bicyclic) bond motifs is 2. The molecular formula is C46H74O8. The number of hydrogen-bond acceptors (Lipinski definition) is 8. The van der Waals surface area contributed by atoms with Crippen molar-refractivity contribution in [3.8, 4) is 0 Å². The van der Waals surface area contributed by atoms with Crippen LogP contribution < -0.4 is 0 Å². The molecule has 0 aromatic rings. The van der Waals surface area contributed by atoms with Crippen molar-refractivity contribution in [3.63, 3.8) is 0 Å². The summed E-state index contributed by atoms with van der Waals surface area (Å²) in [6, 6.07) is 0. The van der Waals surface area contributed by atoms with E-state index in [-0.39, 0.29) is 47.5 Å². The van der Waals surface area contributed by atoms with Crippen LogP contribution in [0.2, 0.25) is 0 Å². The Balaban J connectivity index is 1.11. The van der Waals surface area contributed by atoms with Gasteiger partial charge in [-0.25, -0.2) is 0 Å². The fourth-order valence-electron chi connectivity index (χ4n) is 12.2. The lowest BCUT2D eigenvalue weighted by molar-refractivity contribution is -0.168. The molecule has 8 heteroatoms. The van der Waals surface area contributed by atoms with Gasteiger partial charge in [0.2, 0.25) is 0 Å². The van der Waals surface area contributed by atoms with Gasteiger partial charge in [-0.3, -0.25) is 19.2 Å². The SMILES string of the molecule is C=C1CCC2[C@](C)(CCC[C@]2(C)C(=O)OC)[C@H]1CC[C@@H](C)CCOC(=O)CCC(=O)OCC[C@H](C)CC[C@H]1C(=C)CCC2[C@]1(C)CCC[C@]2(C)C(=O)OC. The molecule has 4 saturated carbocycles. The van der Waals surface area contributed by atoms with Gasteiger partial charge in [-0.15, -0.1) is 0 Å². The second kappa shape index (κ2) is 18.5. The van der Waals surface area contributed by atoms with Crippen molar-refractivity contribution in [3.05, 3.63) is 24.3 Å². The Morgan fingerprint density at radius 2 is 1.00 bits per heavy atom. The number of methoxy groups -OCH3 is 2. The van der Waals surface area contributed by atoms with Gasteiger partial charge >= 0.3 is 23.9 Å². The number of carbonyl (C=O) groups is 4. The minimum absolute atomic E-state index is 0.0252. The predicted octanol–water partition coefficient (Wildman–Crippen LogP) is 10.4. The van der Waals surface area contributed by atoms with Gasteiger partial charge < -0.3 is 18.9 Å². The van der Waals surface area contributed by atoms with Crippen LogP contribution in [0.5, 0.6) is 0 Å². The minimum atomic E-state index is -0.437. The molecule has 0 aromatic heterocycles. The zero-order valence-corrected chi connectivity index (χ0v) is 35.3. The molecule has 0 N–H and O–H groups in total. The van der Waals surface area contributed by atoms with E-state index in [1.807, 2.05) is 0 Å². The molecule has 4 aliphatic carbocycles. The third kappa shape index (κ3) is 9.48. The van der Waals surface area contributed by atoms with Crippen LogP contribution in [0.25, 0.3) is 0 Å². The average molecular weight is 755 g/mol. The van der Waals surface area contributed by atoms with Crippen LogP contribution in [0.15, 0.2) is 24.3 Å². The maximum Gasteiger partial charge on any atom is 0.311 e. The molecule has 0 heterocycles. The molecule has 0 aliphatic heterocycles. The summed E-state index contributed by atoms with van der Waals surface area (Å²) in [5, 5.41) is 0. The summed E-state index contributed by atoms with van der Waals surface area (Å²) in [4.78, 5) is 50.7. The van der Waals surface area contributed by atoms with Crippen LogP contribution in [0, 0.1) is 57.2 Å². The molecule has 2 unspecified atom stereocenters. The molecule has 0 amide bonds. The third-order valence-corrected chi connectivity index (χ3v) is 15.5. The Labute approximate surface area is 327 Å². The summed E-state index contributed by atoms with van der Waals surface area (Å²) < 4.78 is 21.6. The summed E-state index contributed by atoms with van der Waals surface area (Å²) in [6.07, 6.45) is 15.6. The van der Waals surface area contributed by atoms with Crippen molar-refractivity contribution in [1.82, 2.24) is 0 Å². The summed E-state index contributed by atoms with van der Waals surface area (Å²) >= 11 is 0. The lowest BCUT2D eigenvalue weighted by Crippen LogP contribution is -2.53. The van der Waals surface area contributed by atoms with E-state index < -0.39 is 10.8 Å². The monoisotopic (exact) mass is 755 g/mol. The highest BCUT2D eigenvalue weighted by Gasteiger charge is 2.59. The first kappa shape index (κ1) is 44.1. The molecular weight excluding hydrogens is 680 g/mol. The highest BCUT2D eigenvalue weighted by Crippen LogP contribution is 2.63. The highest BCUT2D eigenvalue weighted by molar-refractivity contribution is 5.78. The van der Waals surface area contributed by atoms with Crippen LogP contribution in [-0.2, 0) is 38.1 Å². The zero-order chi connectivity index (χ0) is 39.9. The Morgan fingerprint density at radius 1 is 0.630 bits per heavy atom. The van der Waals surface area contributed by atoms with Gasteiger partial charge in [-0.05, 0) is 150 Å². The number of esters is 4. The van der Waals surface area contributed by atoms with Crippen LogP contribution in [0.4, 0.5) is 0 Å². The summed E-state index contributed by atoms with van der Waals surface area (Å²) in [6.45, 7) is 23.0. The average Bonchev–Trinajstić information content (AvgIpc) is 3.12. The van der Waals surface area contributed by atoms with E-state index in [0.717, 1.165) is 103 Å². The van der Waals surface area contributed by atoms with Gasteiger partial charge in [-0.1, -0.05) is 64.8 Å². The van der Waals surface area contributed by atoms with Crippen molar-refractivity contribution in [2.24, 2.45) is 57.2 Å². The smallest absolute Gasteiger partial charge is 0.311 e. The number of carbonyl (C=O) groups excluding carboxylic acids is 4. The van der Waals surface area contributed by atoms with Gasteiger partial charge in [0.1, 0.15) is 0 Å². The third-order valence-electron chi connectivity index (χ3n) is 15.5. The quantitative estimate of drug-likeness (QED) is 0.0821. The molecule has 0 spiro atoms. The van der Waals surface area contributed by atoms with Gasteiger partial charge in [0, 0.05) is 0 Å².